The number of benzene rings is 1. The smallest absolute Gasteiger partial charge is 0.409 e. The van der Waals surface area contributed by atoms with Gasteiger partial charge in [-0.2, -0.15) is 0 Å². The molecule has 4 heteroatoms. The van der Waals surface area contributed by atoms with Crippen LogP contribution in [0.15, 0.2) is 30.5 Å². The van der Waals surface area contributed by atoms with Crippen LogP contribution in [0.3, 0.4) is 0 Å². The molecule has 0 saturated carbocycles. The Hall–Kier alpha value is -1.97. The molecule has 0 aliphatic carbocycles. The molecular formula is C18H24N2O2. The van der Waals surface area contributed by atoms with Gasteiger partial charge in [0.1, 0.15) is 0 Å². The summed E-state index contributed by atoms with van der Waals surface area (Å²) >= 11 is 0. The van der Waals surface area contributed by atoms with E-state index in [0.717, 1.165) is 38.8 Å². The number of nitrogens with one attached hydrogen (secondary N) is 1. The molecule has 0 spiro atoms. The lowest BCUT2D eigenvalue weighted by Gasteiger charge is -2.31. The molecule has 0 unspecified atom stereocenters. The number of hydrogen-bond acceptors (Lipinski definition) is 2. The van der Waals surface area contributed by atoms with Crippen molar-refractivity contribution in [2.45, 2.75) is 38.5 Å². The largest absolute Gasteiger partial charge is 0.449 e. The molecule has 1 saturated heterocycles. The van der Waals surface area contributed by atoms with Crippen LogP contribution in [-0.2, 0) is 4.74 Å². The maximum atomic E-state index is 12.0. The summed E-state index contributed by atoms with van der Waals surface area (Å²) in [6.07, 6.45) is 5.99. The second-order valence-corrected chi connectivity index (χ2v) is 6.02. The van der Waals surface area contributed by atoms with Crippen LogP contribution in [0.2, 0.25) is 0 Å². The van der Waals surface area contributed by atoms with Crippen molar-refractivity contribution in [3.8, 4) is 0 Å². The van der Waals surface area contributed by atoms with E-state index in [1.54, 1.807) is 0 Å². The fraction of sp³-hybridized carbons (Fsp3) is 0.500. The first-order valence-electron chi connectivity index (χ1n) is 8.27. The summed E-state index contributed by atoms with van der Waals surface area (Å²) in [5, 5.41) is 1.31. The number of ether oxygens (including phenoxy) is 1. The van der Waals surface area contributed by atoms with Gasteiger partial charge in [0.25, 0.3) is 0 Å². The van der Waals surface area contributed by atoms with Crippen LogP contribution in [0, 0.1) is 0 Å². The average molecular weight is 300 g/mol. The molecule has 1 aliphatic rings. The first-order valence-corrected chi connectivity index (χ1v) is 8.27. The molecule has 1 aliphatic heterocycles. The van der Waals surface area contributed by atoms with E-state index in [0.29, 0.717) is 12.5 Å². The second kappa shape index (κ2) is 6.86. The topological polar surface area (TPSA) is 45.3 Å². The first-order chi connectivity index (χ1) is 10.8. The average Bonchev–Trinajstić information content (AvgIpc) is 2.99. The van der Waals surface area contributed by atoms with Crippen LogP contribution in [0.5, 0.6) is 0 Å². The van der Waals surface area contributed by atoms with Crippen LogP contribution in [-0.4, -0.2) is 35.7 Å². The Morgan fingerprint density at radius 1 is 1.32 bits per heavy atom. The third kappa shape index (κ3) is 3.11. The normalized spacial score (nSPS) is 16.1. The number of hydrogen-bond donors (Lipinski definition) is 1. The number of piperidine rings is 1. The van der Waals surface area contributed by atoms with Crippen LogP contribution >= 0.6 is 0 Å². The number of rotatable bonds is 4. The number of likely N-dealkylation sites (tertiary alicyclic amines) is 1. The van der Waals surface area contributed by atoms with Gasteiger partial charge in [-0.05, 0) is 36.8 Å². The molecule has 1 N–H and O–H groups in total. The van der Waals surface area contributed by atoms with E-state index < -0.39 is 0 Å². The third-order valence-corrected chi connectivity index (χ3v) is 4.54. The number of para-hydroxylation sites is 1. The van der Waals surface area contributed by atoms with Crippen molar-refractivity contribution in [2.24, 2.45) is 0 Å². The molecule has 1 aromatic carbocycles. The Bertz CT molecular complexity index is 627. The minimum atomic E-state index is -0.147. The number of aromatic amines is 1. The van der Waals surface area contributed by atoms with Crippen LogP contribution in [0.1, 0.15) is 44.1 Å². The van der Waals surface area contributed by atoms with Gasteiger partial charge in [-0.25, -0.2) is 4.79 Å². The van der Waals surface area contributed by atoms with E-state index in [1.807, 2.05) is 4.90 Å². The van der Waals surface area contributed by atoms with Gasteiger partial charge < -0.3 is 14.6 Å². The van der Waals surface area contributed by atoms with E-state index in [9.17, 15) is 4.79 Å². The number of unbranched alkanes of at least 4 members (excludes halogenated alkanes) is 1. The summed E-state index contributed by atoms with van der Waals surface area (Å²) < 4.78 is 5.30. The highest BCUT2D eigenvalue weighted by Crippen LogP contribution is 2.33. The molecule has 118 valence electrons. The molecule has 4 nitrogen and oxygen atoms in total. The van der Waals surface area contributed by atoms with Crippen molar-refractivity contribution in [1.82, 2.24) is 9.88 Å². The monoisotopic (exact) mass is 300 g/mol. The van der Waals surface area contributed by atoms with Gasteiger partial charge in [0.05, 0.1) is 6.61 Å². The Balaban J connectivity index is 1.59. The quantitative estimate of drug-likeness (QED) is 0.856. The van der Waals surface area contributed by atoms with Crippen molar-refractivity contribution in [2.75, 3.05) is 19.7 Å². The number of carbonyl (C=O) groups excluding carboxylic acids is 1. The van der Waals surface area contributed by atoms with Crippen molar-refractivity contribution < 1.29 is 9.53 Å². The van der Waals surface area contributed by atoms with Gasteiger partial charge in [0, 0.05) is 30.2 Å². The first kappa shape index (κ1) is 14.9. The molecule has 22 heavy (non-hydrogen) atoms. The molecule has 2 aromatic rings. The predicted molar refractivity (Wildman–Crippen MR) is 88.1 cm³/mol. The van der Waals surface area contributed by atoms with E-state index in [1.165, 1.54) is 16.5 Å². The number of fused-ring (bicyclic) bond motifs is 1. The maximum absolute atomic E-state index is 12.0. The Labute approximate surface area is 131 Å². The highest BCUT2D eigenvalue weighted by atomic mass is 16.6. The molecular weight excluding hydrogens is 276 g/mol. The zero-order valence-corrected chi connectivity index (χ0v) is 13.2. The molecule has 0 bridgehead atoms. The Kier molecular flexibility index (Phi) is 4.66. The highest BCUT2D eigenvalue weighted by Gasteiger charge is 2.26. The van der Waals surface area contributed by atoms with Crippen molar-refractivity contribution in [3.05, 3.63) is 36.0 Å². The zero-order chi connectivity index (χ0) is 15.4. The van der Waals surface area contributed by atoms with Gasteiger partial charge in [-0.3, -0.25) is 0 Å². The van der Waals surface area contributed by atoms with Gasteiger partial charge >= 0.3 is 6.09 Å². The van der Waals surface area contributed by atoms with Crippen LogP contribution < -0.4 is 0 Å². The van der Waals surface area contributed by atoms with Crippen LogP contribution in [0.4, 0.5) is 4.79 Å². The van der Waals surface area contributed by atoms with Gasteiger partial charge in [0.15, 0.2) is 0 Å². The summed E-state index contributed by atoms with van der Waals surface area (Å²) in [5.74, 6) is 0.524. The SMILES string of the molecule is CCCCOC(=O)N1CCC(c2c[nH]c3ccccc23)CC1. The van der Waals surface area contributed by atoms with Crippen LogP contribution in [0.25, 0.3) is 10.9 Å². The Morgan fingerprint density at radius 3 is 2.86 bits per heavy atom. The van der Waals surface area contributed by atoms with Gasteiger partial charge in [-0.15, -0.1) is 0 Å². The third-order valence-electron chi connectivity index (χ3n) is 4.54. The lowest BCUT2D eigenvalue weighted by molar-refractivity contribution is 0.0916. The zero-order valence-electron chi connectivity index (χ0n) is 13.2. The lowest BCUT2D eigenvalue weighted by Crippen LogP contribution is -2.38. The minimum Gasteiger partial charge on any atom is -0.449 e. The fourth-order valence-electron chi connectivity index (χ4n) is 3.20. The van der Waals surface area contributed by atoms with Gasteiger partial charge in [0.2, 0.25) is 0 Å². The van der Waals surface area contributed by atoms with Gasteiger partial charge in [-0.1, -0.05) is 31.5 Å². The molecule has 1 aromatic heterocycles. The second-order valence-electron chi connectivity index (χ2n) is 6.02. The molecule has 0 atom stereocenters. The van der Waals surface area contributed by atoms with Crippen molar-refractivity contribution >= 4 is 17.0 Å². The van der Waals surface area contributed by atoms with E-state index in [-0.39, 0.29) is 6.09 Å². The van der Waals surface area contributed by atoms with Crippen molar-refractivity contribution in [3.63, 3.8) is 0 Å². The fourth-order valence-corrected chi connectivity index (χ4v) is 3.20. The number of aromatic nitrogens is 1. The summed E-state index contributed by atoms with van der Waals surface area (Å²) in [4.78, 5) is 17.2. The molecule has 2 heterocycles. The summed E-state index contributed by atoms with van der Waals surface area (Å²) in [7, 11) is 0. The summed E-state index contributed by atoms with van der Waals surface area (Å²) in [6, 6.07) is 8.42. The number of nitrogens with zero attached hydrogens (tertiary/aromatic N) is 1. The highest BCUT2D eigenvalue weighted by molar-refractivity contribution is 5.83. The molecule has 1 fully saturated rings. The number of amides is 1. The van der Waals surface area contributed by atoms with Crippen molar-refractivity contribution in [1.29, 1.82) is 0 Å². The lowest BCUT2D eigenvalue weighted by atomic mass is 9.89. The van der Waals surface area contributed by atoms with E-state index in [2.05, 4.69) is 42.4 Å². The predicted octanol–water partition coefficient (Wildman–Crippen LogP) is 4.28. The number of H-pyrrole nitrogens is 1. The molecule has 3 rings (SSSR count). The van der Waals surface area contributed by atoms with E-state index >= 15 is 0 Å². The summed E-state index contributed by atoms with van der Waals surface area (Å²) in [5.41, 5.74) is 2.58. The summed E-state index contributed by atoms with van der Waals surface area (Å²) in [6.45, 7) is 4.21. The maximum Gasteiger partial charge on any atom is 0.409 e. The Morgan fingerprint density at radius 2 is 2.09 bits per heavy atom. The standard InChI is InChI=1S/C18H24N2O2/c1-2-3-12-22-18(21)20-10-8-14(9-11-20)16-13-19-17-7-5-4-6-15(16)17/h4-7,13-14,19H,2-3,8-12H2,1H3. The number of carbonyl (C=O) groups is 1. The molecule has 0 radical (unpaired) electrons. The van der Waals surface area contributed by atoms with E-state index in [4.69, 9.17) is 4.74 Å². The molecule has 1 amide bonds. The minimum absolute atomic E-state index is 0.147.